The van der Waals surface area contributed by atoms with Gasteiger partial charge in [-0.25, -0.2) is 9.97 Å². The van der Waals surface area contributed by atoms with Crippen molar-refractivity contribution in [1.82, 2.24) is 15.3 Å². The highest BCUT2D eigenvalue weighted by atomic mass is 19.4. The zero-order valence-electron chi connectivity index (χ0n) is 18.4. The number of amides is 1. The molecular weight excluding hydrogens is 425 g/mol. The fourth-order valence-electron chi connectivity index (χ4n) is 3.06. The van der Waals surface area contributed by atoms with Gasteiger partial charge >= 0.3 is 6.18 Å². The summed E-state index contributed by atoms with van der Waals surface area (Å²) in [7, 11) is 1.34. The van der Waals surface area contributed by atoms with Crippen molar-refractivity contribution in [3.8, 4) is 17.2 Å². The summed E-state index contributed by atoms with van der Waals surface area (Å²) < 4.78 is 50.5. The molecule has 0 aliphatic heterocycles. The maximum absolute atomic E-state index is 13.2. The van der Waals surface area contributed by atoms with Gasteiger partial charge in [-0.05, 0) is 44.0 Å². The number of hydrogen-bond donors (Lipinski definition) is 2. The maximum atomic E-state index is 13.2. The summed E-state index contributed by atoms with van der Waals surface area (Å²) in [4.78, 5) is 20.9. The molecule has 172 valence electrons. The van der Waals surface area contributed by atoms with E-state index in [4.69, 9.17) is 14.9 Å². The second-order valence-corrected chi connectivity index (χ2v) is 7.93. The Bertz CT molecular complexity index is 1140. The minimum Gasteiger partial charge on any atom is -0.494 e. The van der Waals surface area contributed by atoms with Crippen molar-refractivity contribution < 1.29 is 27.1 Å². The lowest BCUT2D eigenvalue weighted by atomic mass is 10.1. The van der Waals surface area contributed by atoms with Gasteiger partial charge in [-0.15, -0.1) is 0 Å². The summed E-state index contributed by atoms with van der Waals surface area (Å²) in [5, 5.41) is 3.19. The molecular formula is C22H25F3N4O3. The van der Waals surface area contributed by atoms with Crippen molar-refractivity contribution >= 4 is 16.8 Å². The zero-order valence-corrected chi connectivity index (χ0v) is 18.4. The number of oxazole rings is 1. The van der Waals surface area contributed by atoms with E-state index in [0.717, 1.165) is 6.07 Å². The summed E-state index contributed by atoms with van der Waals surface area (Å²) in [6.45, 7) is 7.46. The number of pyridine rings is 1. The van der Waals surface area contributed by atoms with Gasteiger partial charge in [-0.1, -0.05) is 13.8 Å². The van der Waals surface area contributed by atoms with E-state index in [2.05, 4.69) is 15.3 Å². The van der Waals surface area contributed by atoms with E-state index in [9.17, 15) is 18.0 Å². The van der Waals surface area contributed by atoms with Gasteiger partial charge in [-0.2, -0.15) is 13.2 Å². The molecule has 0 saturated heterocycles. The Morgan fingerprint density at radius 3 is 2.38 bits per heavy atom. The molecule has 0 saturated carbocycles. The number of rotatable bonds is 6. The second-order valence-electron chi connectivity index (χ2n) is 7.93. The maximum Gasteiger partial charge on any atom is 0.433 e. The lowest BCUT2D eigenvalue weighted by Crippen LogP contribution is -2.37. The molecule has 3 aromatic rings. The van der Waals surface area contributed by atoms with Gasteiger partial charge in [0.05, 0.1) is 13.2 Å². The van der Waals surface area contributed by atoms with Crippen LogP contribution < -0.4 is 15.8 Å². The highest BCUT2D eigenvalue weighted by molar-refractivity contribution is 5.98. The zero-order chi connectivity index (χ0) is 23.8. The first-order valence-electron chi connectivity index (χ1n) is 10.1. The number of carbonyl (C=O) groups is 1. The van der Waals surface area contributed by atoms with Crippen LogP contribution in [0.3, 0.4) is 0 Å². The number of nitrogens with zero attached hydrogens (tertiary/aromatic N) is 2. The minimum atomic E-state index is -4.61. The average molecular weight is 450 g/mol. The van der Waals surface area contributed by atoms with Crippen LogP contribution in [-0.2, 0) is 6.18 Å². The third-order valence-electron chi connectivity index (χ3n) is 5.20. The monoisotopic (exact) mass is 450 g/mol. The summed E-state index contributed by atoms with van der Waals surface area (Å²) >= 11 is 0. The molecule has 32 heavy (non-hydrogen) atoms. The van der Waals surface area contributed by atoms with Crippen LogP contribution in [0.5, 0.6) is 5.75 Å². The molecule has 1 amide bonds. The van der Waals surface area contributed by atoms with E-state index >= 15 is 0 Å². The van der Waals surface area contributed by atoms with Crippen LogP contribution in [0.4, 0.5) is 13.2 Å². The van der Waals surface area contributed by atoms with Crippen LogP contribution in [-0.4, -0.2) is 29.0 Å². The standard InChI is InChI=1S/C22H25F3N4O3/c1-10(2)12(4)27-20(30)18-19(11(3)26)32-21(29-18)14-6-8-15(31-5)17-13(14)7-9-16(28-17)22(23,24)25/h6-12H,26H2,1-5H3,(H,27,30)/t11-,12+/m0/s1. The molecule has 2 aromatic heterocycles. The van der Waals surface area contributed by atoms with Crippen LogP contribution in [0.15, 0.2) is 28.7 Å². The Hall–Kier alpha value is -3.14. The molecule has 3 N–H and O–H groups in total. The van der Waals surface area contributed by atoms with Crippen molar-refractivity contribution in [3.63, 3.8) is 0 Å². The highest BCUT2D eigenvalue weighted by Crippen LogP contribution is 2.37. The third kappa shape index (κ3) is 4.55. The minimum absolute atomic E-state index is 0.000182. The lowest BCUT2D eigenvalue weighted by molar-refractivity contribution is -0.140. The van der Waals surface area contributed by atoms with Gasteiger partial charge in [0.25, 0.3) is 5.91 Å². The van der Waals surface area contributed by atoms with E-state index in [1.54, 1.807) is 13.0 Å². The largest absolute Gasteiger partial charge is 0.494 e. The van der Waals surface area contributed by atoms with Crippen molar-refractivity contribution in [2.75, 3.05) is 7.11 Å². The predicted octanol–water partition coefficient (Wildman–Crippen LogP) is 4.71. The summed E-state index contributed by atoms with van der Waals surface area (Å²) in [6, 6.07) is 4.46. The van der Waals surface area contributed by atoms with Crippen LogP contribution >= 0.6 is 0 Å². The van der Waals surface area contributed by atoms with Crippen molar-refractivity contribution in [1.29, 1.82) is 0 Å². The molecule has 10 heteroatoms. The fourth-order valence-corrected chi connectivity index (χ4v) is 3.06. The first kappa shape index (κ1) is 23.5. The van der Waals surface area contributed by atoms with Gasteiger partial charge in [0.2, 0.25) is 5.89 Å². The number of alkyl halides is 3. The summed E-state index contributed by atoms with van der Waals surface area (Å²) in [5.74, 6) is 0.149. The molecule has 2 atom stereocenters. The van der Waals surface area contributed by atoms with Crippen molar-refractivity contribution in [3.05, 3.63) is 41.4 Å². The molecule has 0 spiro atoms. The molecule has 1 aromatic carbocycles. The quantitative estimate of drug-likeness (QED) is 0.564. The van der Waals surface area contributed by atoms with E-state index in [-0.39, 0.29) is 40.6 Å². The van der Waals surface area contributed by atoms with E-state index in [1.165, 1.54) is 19.2 Å². The highest BCUT2D eigenvalue weighted by Gasteiger charge is 2.33. The number of hydrogen-bond acceptors (Lipinski definition) is 6. The number of aromatic nitrogens is 2. The topological polar surface area (TPSA) is 103 Å². The Balaban J connectivity index is 2.15. The number of methoxy groups -OCH3 is 1. The van der Waals surface area contributed by atoms with Crippen LogP contribution in [0, 0.1) is 5.92 Å². The lowest BCUT2D eigenvalue weighted by Gasteiger charge is -2.17. The smallest absolute Gasteiger partial charge is 0.433 e. The van der Waals surface area contributed by atoms with Crippen LogP contribution in [0.1, 0.15) is 55.7 Å². The van der Waals surface area contributed by atoms with E-state index in [0.29, 0.717) is 10.9 Å². The molecule has 0 unspecified atom stereocenters. The normalized spacial score (nSPS) is 13.9. The number of nitrogens with two attached hydrogens (primary N) is 1. The predicted molar refractivity (Wildman–Crippen MR) is 113 cm³/mol. The SMILES string of the molecule is COc1ccc(-c2nc(C(=O)N[C@H](C)C(C)C)c([C@H](C)N)o2)c2ccc(C(F)(F)F)nc12. The van der Waals surface area contributed by atoms with Gasteiger partial charge in [0.15, 0.2) is 11.5 Å². The number of nitrogens with one attached hydrogen (secondary N) is 1. The second kappa shape index (κ2) is 8.78. The number of fused-ring (bicyclic) bond motifs is 1. The van der Waals surface area contributed by atoms with E-state index < -0.39 is 23.8 Å². The Morgan fingerprint density at radius 2 is 1.81 bits per heavy atom. The molecule has 2 heterocycles. The van der Waals surface area contributed by atoms with Gasteiger partial charge < -0.3 is 20.2 Å². The van der Waals surface area contributed by atoms with Gasteiger partial charge in [0, 0.05) is 17.0 Å². The van der Waals surface area contributed by atoms with Crippen LogP contribution in [0.25, 0.3) is 22.4 Å². The first-order chi connectivity index (χ1) is 14.9. The Morgan fingerprint density at radius 1 is 1.12 bits per heavy atom. The van der Waals surface area contributed by atoms with Gasteiger partial charge in [-0.3, -0.25) is 4.79 Å². The molecule has 0 bridgehead atoms. The van der Waals surface area contributed by atoms with Crippen molar-refractivity contribution in [2.24, 2.45) is 11.7 Å². The third-order valence-corrected chi connectivity index (χ3v) is 5.20. The van der Waals surface area contributed by atoms with Crippen molar-refractivity contribution in [2.45, 2.75) is 46.0 Å². The number of ether oxygens (including phenoxy) is 1. The molecule has 3 rings (SSSR count). The average Bonchev–Trinajstić information content (AvgIpc) is 3.17. The molecule has 0 aliphatic carbocycles. The number of carbonyl (C=O) groups excluding carboxylic acids is 1. The number of halogens is 3. The summed E-state index contributed by atoms with van der Waals surface area (Å²) in [5.41, 5.74) is 5.33. The molecule has 0 aliphatic rings. The Kier molecular flexibility index (Phi) is 6.45. The summed E-state index contributed by atoms with van der Waals surface area (Å²) in [6.07, 6.45) is -4.61. The molecule has 7 nitrogen and oxygen atoms in total. The first-order valence-corrected chi connectivity index (χ1v) is 10.1. The van der Waals surface area contributed by atoms with Gasteiger partial charge in [0.1, 0.15) is 17.0 Å². The van der Waals surface area contributed by atoms with Crippen LogP contribution in [0.2, 0.25) is 0 Å². The van der Waals surface area contributed by atoms with E-state index in [1.807, 2.05) is 20.8 Å². The fraction of sp³-hybridized carbons (Fsp3) is 0.409. The molecule has 0 fully saturated rings. The molecule has 0 radical (unpaired) electrons. The Labute approximate surface area is 183 Å². The number of benzene rings is 1.